The van der Waals surface area contributed by atoms with Crippen molar-refractivity contribution in [2.75, 3.05) is 26.2 Å². The molecular formula is C12H22N4. The predicted molar refractivity (Wildman–Crippen MR) is 65.4 cm³/mol. The monoisotopic (exact) mass is 222 g/mol. The Bertz CT molecular complexity index is 311. The van der Waals surface area contributed by atoms with Crippen molar-refractivity contribution in [2.45, 2.75) is 32.9 Å². The summed E-state index contributed by atoms with van der Waals surface area (Å²) in [6.45, 7) is 10.0. The Morgan fingerprint density at radius 3 is 3.06 bits per heavy atom. The molecule has 1 aromatic rings. The first-order valence-electron chi connectivity index (χ1n) is 6.21. The minimum Gasteiger partial charge on any atom is -0.331 e. The summed E-state index contributed by atoms with van der Waals surface area (Å²) in [5.41, 5.74) is 1.33. The van der Waals surface area contributed by atoms with E-state index in [0.717, 1.165) is 26.2 Å². The summed E-state index contributed by atoms with van der Waals surface area (Å²) in [6.07, 6.45) is 5.18. The summed E-state index contributed by atoms with van der Waals surface area (Å²) in [5.74, 6) is 0. The molecule has 0 bridgehead atoms. The molecule has 4 heteroatoms. The van der Waals surface area contributed by atoms with Crippen LogP contribution in [0.1, 0.15) is 32.0 Å². The summed E-state index contributed by atoms with van der Waals surface area (Å²) < 4.78 is 2.26. The second kappa shape index (κ2) is 5.46. The molecule has 1 fully saturated rings. The lowest BCUT2D eigenvalue weighted by Gasteiger charge is -2.21. The zero-order valence-corrected chi connectivity index (χ0v) is 10.3. The van der Waals surface area contributed by atoms with Gasteiger partial charge in [0.1, 0.15) is 0 Å². The summed E-state index contributed by atoms with van der Waals surface area (Å²) in [6, 6.07) is 0.502. The van der Waals surface area contributed by atoms with Crippen LogP contribution in [0.5, 0.6) is 0 Å². The van der Waals surface area contributed by atoms with Gasteiger partial charge in [-0.2, -0.15) is 0 Å². The van der Waals surface area contributed by atoms with Crippen LogP contribution >= 0.6 is 0 Å². The summed E-state index contributed by atoms with van der Waals surface area (Å²) >= 11 is 0. The van der Waals surface area contributed by atoms with Gasteiger partial charge in [-0.1, -0.05) is 0 Å². The lowest BCUT2D eigenvalue weighted by Crippen LogP contribution is -2.28. The second-order valence-corrected chi connectivity index (χ2v) is 4.77. The number of aromatic nitrogens is 2. The molecule has 0 aliphatic carbocycles. The Labute approximate surface area is 97.7 Å². The van der Waals surface area contributed by atoms with Crippen molar-refractivity contribution in [1.29, 1.82) is 0 Å². The average molecular weight is 222 g/mol. The molecule has 0 amide bonds. The second-order valence-electron chi connectivity index (χ2n) is 4.77. The highest BCUT2D eigenvalue weighted by molar-refractivity contribution is 5.00. The molecule has 1 saturated heterocycles. The molecule has 2 rings (SSSR count). The fourth-order valence-electron chi connectivity index (χ4n) is 2.21. The first-order chi connectivity index (χ1) is 7.77. The number of hydrogen-bond donors (Lipinski definition) is 1. The Kier molecular flexibility index (Phi) is 3.96. The molecular weight excluding hydrogens is 200 g/mol. The SMILES string of the molecule is CC(C)n1cncc1CN1CCCNCC1. The van der Waals surface area contributed by atoms with Gasteiger partial charge in [-0.25, -0.2) is 4.98 Å². The summed E-state index contributed by atoms with van der Waals surface area (Å²) in [7, 11) is 0. The van der Waals surface area contributed by atoms with Crippen molar-refractivity contribution in [3.8, 4) is 0 Å². The van der Waals surface area contributed by atoms with Crippen LogP contribution in [0.2, 0.25) is 0 Å². The van der Waals surface area contributed by atoms with Crippen LogP contribution in [0.4, 0.5) is 0 Å². The topological polar surface area (TPSA) is 33.1 Å². The van der Waals surface area contributed by atoms with Crippen molar-refractivity contribution in [3.05, 3.63) is 18.2 Å². The van der Waals surface area contributed by atoms with Crippen LogP contribution in [0.3, 0.4) is 0 Å². The van der Waals surface area contributed by atoms with Crippen molar-refractivity contribution < 1.29 is 0 Å². The Balaban J connectivity index is 1.99. The third-order valence-electron chi connectivity index (χ3n) is 3.12. The number of nitrogens with one attached hydrogen (secondary N) is 1. The molecule has 90 valence electrons. The minimum atomic E-state index is 0.502. The highest BCUT2D eigenvalue weighted by atomic mass is 15.2. The van der Waals surface area contributed by atoms with Gasteiger partial charge in [0, 0.05) is 31.9 Å². The highest BCUT2D eigenvalue weighted by Gasteiger charge is 2.12. The Morgan fingerprint density at radius 2 is 2.25 bits per heavy atom. The third-order valence-corrected chi connectivity index (χ3v) is 3.12. The maximum atomic E-state index is 4.25. The van der Waals surface area contributed by atoms with Gasteiger partial charge in [0.15, 0.2) is 0 Å². The highest BCUT2D eigenvalue weighted by Crippen LogP contribution is 2.11. The zero-order valence-electron chi connectivity index (χ0n) is 10.3. The van der Waals surface area contributed by atoms with Crippen molar-refractivity contribution in [1.82, 2.24) is 19.8 Å². The molecule has 0 spiro atoms. The summed E-state index contributed by atoms with van der Waals surface area (Å²) in [4.78, 5) is 6.76. The van der Waals surface area contributed by atoms with E-state index in [1.807, 2.05) is 12.5 Å². The van der Waals surface area contributed by atoms with E-state index in [0.29, 0.717) is 6.04 Å². The van der Waals surface area contributed by atoms with Crippen LogP contribution in [-0.4, -0.2) is 40.6 Å². The van der Waals surface area contributed by atoms with E-state index in [-0.39, 0.29) is 0 Å². The maximum Gasteiger partial charge on any atom is 0.0951 e. The van der Waals surface area contributed by atoms with Crippen molar-refractivity contribution in [2.24, 2.45) is 0 Å². The molecule has 0 aromatic carbocycles. The van der Waals surface area contributed by atoms with Gasteiger partial charge in [0.25, 0.3) is 0 Å². The van der Waals surface area contributed by atoms with E-state index in [2.05, 4.69) is 33.6 Å². The molecule has 0 unspecified atom stereocenters. The van der Waals surface area contributed by atoms with Gasteiger partial charge in [0.2, 0.25) is 0 Å². The van der Waals surface area contributed by atoms with E-state index in [1.54, 1.807) is 0 Å². The van der Waals surface area contributed by atoms with Crippen LogP contribution in [-0.2, 0) is 6.54 Å². The van der Waals surface area contributed by atoms with E-state index in [9.17, 15) is 0 Å². The van der Waals surface area contributed by atoms with Crippen LogP contribution in [0.15, 0.2) is 12.5 Å². The summed E-state index contributed by atoms with van der Waals surface area (Å²) in [5, 5.41) is 3.43. The number of rotatable bonds is 3. The fourth-order valence-corrected chi connectivity index (χ4v) is 2.21. The normalized spacial score (nSPS) is 18.9. The molecule has 1 aliphatic rings. The molecule has 2 heterocycles. The van der Waals surface area contributed by atoms with Crippen molar-refractivity contribution in [3.63, 3.8) is 0 Å². The fraction of sp³-hybridized carbons (Fsp3) is 0.750. The smallest absolute Gasteiger partial charge is 0.0951 e. The Hall–Kier alpha value is -0.870. The van der Waals surface area contributed by atoms with Crippen LogP contribution < -0.4 is 5.32 Å². The average Bonchev–Trinajstić information content (AvgIpc) is 2.55. The standard InChI is InChI=1S/C12H22N4/c1-11(2)16-10-14-8-12(16)9-15-6-3-4-13-5-7-15/h8,10-11,13H,3-7,9H2,1-2H3. The molecule has 0 atom stereocenters. The van der Waals surface area contributed by atoms with Gasteiger partial charge >= 0.3 is 0 Å². The Morgan fingerprint density at radius 1 is 1.38 bits per heavy atom. The molecule has 16 heavy (non-hydrogen) atoms. The molecule has 0 saturated carbocycles. The van der Waals surface area contributed by atoms with E-state index in [1.165, 1.54) is 18.7 Å². The largest absolute Gasteiger partial charge is 0.331 e. The lowest BCUT2D eigenvalue weighted by molar-refractivity contribution is 0.275. The van der Waals surface area contributed by atoms with Crippen LogP contribution in [0.25, 0.3) is 0 Å². The number of imidazole rings is 1. The first-order valence-corrected chi connectivity index (χ1v) is 6.21. The lowest BCUT2D eigenvalue weighted by atomic mass is 10.3. The molecule has 1 aliphatic heterocycles. The van der Waals surface area contributed by atoms with Gasteiger partial charge < -0.3 is 9.88 Å². The van der Waals surface area contributed by atoms with Crippen molar-refractivity contribution >= 4 is 0 Å². The molecule has 4 nitrogen and oxygen atoms in total. The van der Waals surface area contributed by atoms with Gasteiger partial charge in [-0.15, -0.1) is 0 Å². The van der Waals surface area contributed by atoms with E-state index >= 15 is 0 Å². The number of hydrogen-bond acceptors (Lipinski definition) is 3. The molecule has 1 N–H and O–H groups in total. The maximum absolute atomic E-state index is 4.25. The molecule has 1 aromatic heterocycles. The quantitative estimate of drug-likeness (QED) is 0.836. The zero-order chi connectivity index (χ0) is 11.4. The van der Waals surface area contributed by atoms with Gasteiger partial charge in [-0.05, 0) is 33.4 Å². The predicted octanol–water partition coefficient (Wildman–Crippen LogP) is 1.26. The minimum absolute atomic E-state index is 0.502. The van der Waals surface area contributed by atoms with Crippen LogP contribution in [0, 0.1) is 0 Å². The first kappa shape index (κ1) is 11.6. The van der Waals surface area contributed by atoms with E-state index < -0.39 is 0 Å². The third kappa shape index (κ3) is 2.83. The van der Waals surface area contributed by atoms with Gasteiger partial charge in [0.05, 0.1) is 12.0 Å². The van der Waals surface area contributed by atoms with Gasteiger partial charge in [-0.3, -0.25) is 4.90 Å². The molecule has 0 radical (unpaired) electrons. The number of nitrogens with zero attached hydrogens (tertiary/aromatic N) is 3. The van der Waals surface area contributed by atoms with E-state index in [4.69, 9.17) is 0 Å².